The highest BCUT2D eigenvalue weighted by molar-refractivity contribution is 14.1. The van der Waals surface area contributed by atoms with Crippen molar-refractivity contribution in [2.24, 2.45) is 5.16 Å². The number of oxime groups is 1. The summed E-state index contributed by atoms with van der Waals surface area (Å²) in [4.78, 5) is 0. The quantitative estimate of drug-likeness (QED) is 0.217. The maximum Gasteiger partial charge on any atom is 0.155 e. The van der Waals surface area contributed by atoms with Gasteiger partial charge in [0.15, 0.2) is 5.84 Å². The Balaban J connectivity index is 2.64. The molecule has 1 aromatic carbocycles. The third kappa shape index (κ3) is 2.69. The van der Waals surface area contributed by atoms with Crippen molar-refractivity contribution in [1.29, 1.82) is 0 Å². The van der Waals surface area contributed by atoms with Crippen molar-refractivity contribution < 1.29 is 5.21 Å². The van der Waals surface area contributed by atoms with Crippen LogP contribution in [0.15, 0.2) is 35.5 Å². The first-order valence-corrected chi connectivity index (χ1v) is 4.98. The Labute approximate surface area is 84.6 Å². The van der Waals surface area contributed by atoms with Crippen LogP contribution < -0.4 is 5.32 Å². The van der Waals surface area contributed by atoms with E-state index in [1.165, 1.54) is 0 Å². The highest BCUT2D eigenvalue weighted by atomic mass is 127. The Hall–Kier alpha value is -0.780. The molecule has 0 atom stereocenters. The number of anilines is 1. The first-order chi connectivity index (χ1) is 5.86. The number of hydrogen-bond donors (Lipinski definition) is 2. The molecule has 0 aliphatic carbocycles. The fourth-order valence-corrected chi connectivity index (χ4v) is 1.12. The molecule has 0 heterocycles. The molecule has 2 N–H and O–H groups in total. The average Bonchev–Trinajstić information content (AvgIpc) is 2.16. The summed E-state index contributed by atoms with van der Waals surface area (Å²) < 4.78 is 0.656. The lowest BCUT2D eigenvalue weighted by Gasteiger charge is -2.03. The van der Waals surface area contributed by atoms with Crippen LogP contribution in [0.25, 0.3) is 0 Å². The molecule has 4 heteroatoms. The molecular formula is C8H9IN2O. The summed E-state index contributed by atoms with van der Waals surface area (Å²) in [5.74, 6) is 0.557. The second kappa shape index (κ2) is 4.97. The molecule has 0 spiro atoms. The maximum atomic E-state index is 8.51. The first kappa shape index (κ1) is 9.31. The molecule has 0 bridgehead atoms. The SMILES string of the molecule is O/N=C(/CI)Nc1ccccc1. The Morgan fingerprint density at radius 2 is 2.08 bits per heavy atom. The highest BCUT2D eigenvalue weighted by Crippen LogP contribution is 2.05. The molecule has 1 rings (SSSR count). The van der Waals surface area contributed by atoms with E-state index in [-0.39, 0.29) is 0 Å². The fraction of sp³-hybridized carbons (Fsp3) is 0.125. The van der Waals surface area contributed by atoms with Gasteiger partial charge in [0.2, 0.25) is 0 Å². The van der Waals surface area contributed by atoms with Gasteiger partial charge in [-0.2, -0.15) is 0 Å². The number of para-hydroxylation sites is 1. The van der Waals surface area contributed by atoms with Crippen molar-refractivity contribution in [3.8, 4) is 0 Å². The zero-order valence-corrected chi connectivity index (χ0v) is 8.52. The molecule has 0 saturated carbocycles. The Kier molecular flexibility index (Phi) is 3.86. The van der Waals surface area contributed by atoms with E-state index in [4.69, 9.17) is 5.21 Å². The zero-order chi connectivity index (χ0) is 8.81. The van der Waals surface area contributed by atoms with Crippen molar-refractivity contribution in [3.63, 3.8) is 0 Å². The Morgan fingerprint density at radius 3 is 2.58 bits per heavy atom. The number of benzene rings is 1. The van der Waals surface area contributed by atoms with Gasteiger partial charge in [-0.1, -0.05) is 45.9 Å². The van der Waals surface area contributed by atoms with Crippen molar-refractivity contribution in [2.75, 3.05) is 9.74 Å². The van der Waals surface area contributed by atoms with Gasteiger partial charge >= 0.3 is 0 Å². The van der Waals surface area contributed by atoms with Gasteiger partial charge in [-0.25, -0.2) is 0 Å². The second-order valence-corrected chi connectivity index (χ2v) is 2.93. The molecule has 3 nitrogen and oxygen atoms in total. The van der Waals surface area contributed by atoms with E-state index in [0.717, 1.165) is 5.69 Å². The van der Waals surface area contributed by atoms with Crippen LogP contribution >= 0.6 is 22.6 Å². The lowest BCUT2D eigenvalue weighted by Crippen LogP contribution is -2.12. The molecule has 0 amide bonds. The molecule has 0 fully saturated rings. The molecule has 12 heavy (non-hydrogen) atoms. The van der Waals surface area contributed by atoms with Crippen LogP contribution in [0.1, 0.15) is 0 Å². The minimum absolute atomic E-state index is 0.557. The van der Waals surface area contributed by atoms with Gasteiger partial charge in [0.05, 0.1) is 4.43 Å². The molecular weight excluding hydrogens is 267 g/mol. The molecule has 0 unspecified atom stereocenters. The monoisotopic (exact) mass is 276 g/mol. The summed E-state index contributed by atoms with van der Waals surface area (Å²) in [5.41, 5.74) is 0.932. The van der Waals surface area contributed by atoms with Gasteiger partial charge < -0.3 is 10.5 Å². The maximum absolute atomic E-state index is 8.51. The van der Waals surface area contributed by atoms with Crippen molar-refractivity contribution in [1.82, 2.24) is 0 Å². The van der Waals surface area contributed by atoms with E-state index in [2.05, 4.69) is 33.1 Å². The highest BCUT2D eigenvalue weighted by Gasteiger charge is 1.96. The van der Waals surface area contributed by atoms with Crippen LogP contribution in [0.2, 0.25) is 0 Å². The van der Waals surface area contributed by atoms with E-state index in [1.807, 2.05) is 30.3 Å². The average molecular weight is 276 g/mol. The van der Waals surface area contributed by atoms with E-state index >= 15 is 0 Å². The molecule has 64 valence electrons. The molecule has 0 aliphatic rings. The lowest BCUT2D eigenvalue weighted by atomic mass is 10.3. The van der Waals surface area contributed by atoms with E-state index in [0.29, 0.717) is 10.3 Å². The van der Waals surface area contributed by atoms with E-state index < -0.39 is 0 Å². The second-order valence-electron chi connectivity index (χ2n) is 2.17. The van der Waals surface area contributed by atoms with Gasteiger partial charge in [0, 0.05) is 5.69 Å². The van der Waals surface area contributed by atoms with Gasteiger partial charge in [-0.15, -0.1) is 0 Å². The fourth-order valence-electron chi connectivity index (χ4n) is 0.773. The van der Waals surface area contributed by atoms with Gasteiger partial charge in [0.1, 0.15) is 0 Å². The molecule has 0 aromatic heterocycles. The summed E-state index contributed by atoms with van der Waals surface area (Å²) >= 11 is 2.12. The molecule has 1 aromatic rings. The summed E-state index contributed by atoms with van der Waals surface area (Å²) in [6.07, 6.45) is 0. The lowest BCUT2D eigenvalue weighted by molar-refractivity contribution is 0.319. The number of amidine groups is 1. The standard InChI is InChI=1S/C8H9IN2O/c9-6-8(11-12)10-7-4-2-1-3-5-7/h1-5,12H,6H2,(H,10,11). The topological polar surface area (TPSA) is 44.6 Å². The van der Waals surface area contributed by atoms with Gasteiger partial charge in [-0.3, -0.25) is 0 Å². The predicted octanol–water partition coefficient (Wildman–Crippen LogP) is 2.32. The number of hydrogen-bond acceptors (Lipinski definition) is 2. The number of nitrogens with one attached hydrogen (secondary N) is 1. The van der Waals surface area contributed by atoms with Crippen LogP contribution in [0.5, 0.6) is 0 Å². The third-order valence-corrected chi connectivity index (χ3v) is 2.03. The summed E-state index contributed by atoms with van der Waals surface area (Å²) in [6, 6.07) is 9.61. The zero-order valence-electron chi connectivity index (χ0n) is 6.37. The van der Waals surface area contributed by atoms with Gasteiger partial charge in [-0.05, 0) is 12.1 Å². The largest absolute Gasteiger partial charge is 0.409 e. The van der Waals surface area contributed by atoms with Crippen LogP contribution in [0, 0.1) is 0 Å². The van der Waals surface area contributed by atoms with Gasteiger partial charge in [0.25, 0.3) is 0 Å². The normalized spacial score (nSPS) is 11.2. The van der Waals surface area contributed by atoms with E-state index in [9.17, 15) is 0 Å². The van der Waals surface area contributed by atoms with Crippen LogP contribution in [-0.4, -0.2) is 15.5 Å². The van der Waals surface area contributed by atoms with Crippen LogP contribution in [0.3, 0.4) is 0 Å². The first-order valence-electron chi connectivity index (χ1n) is 3.46. The number of nitrogens with zero attached hydrogens (tertiary/aromatic N) is 1. The molecule has 0 aliphatic heterocycles. The third-order valence-electron chi connectivity index (χ3n) is 1.31. The number of rotatable bonds is 2. The smallest absolute Gasteiger partial charge is 0.155 e. The van der Waals surface area contributed by atoms with E-state index in [1.54, 1.807) is 0 Å². The van der Waals surface area contributed by atoms with Crippen molar-refractivity contribution in [2.45, 2.75) is 0 Å². The molecule has 0 radical (unpaired) electrons. The summed E-state index contributed by atoms with van der Waals surface area (Å²) in [6.45, 7) is 0. The van der Waals surface area contributed by atoms with Crippen molar-refractivity contribution >= 4 is 34.1 Å². The molecule has 0 saturated heterocycles. The summed E-state index contributed by atoms with van der Waals surface area (Å²) in [7, 11) is 0. The minimum atomic E-state index is 0.557. The number of alkyl halides is 1. The minimum Gasteiger partial charge on any atom is -0.409 e. The van der Waals surface area contributed by atoms with Crippen molar-refractivity contribution in [3.05, 3.63) is 30.3 Å². The number of halogens is 1. The Morgan fingerprint density at radius 1 is 1.42 bits per heavy atom. The summed E-state index contributed by atoms with van der Waals surface area (Å²) in [5, 5.41) is 14.6. The van der Waals surface area contributed by atoms with Crippen LogP contribution in [-0.2, 0) is 0 Å². The van der Waals surface area contributed by atoms with Crippen LogP contribution in [0.4, 0.5) is 5.69 Å². The Bertz CT molecular complexity index is 261. The predicted molar refractivity (Wildman–Crippen MR) is 58.2 cm³/mol.